The molecule has 1 fully saturated rings. The Bertz CT molecular complexity index is 1170. The third-order valence-corrected chi connectivity index (χ3v) is 6.20. The van der Waals surface area contributed by atoms with E-state index in [1.54, 1.807) is 6.92 Å². The molecule has 1 aliphatic heterocycles. The number of rotatable bonds is 6. The molecule has 2 aromatic carbocycles. The van der Waals surface area contributed by atoms with E-state index in [0.717, 1.165) is 53.8 Å². The van der Waals surface area contributed by atoms with Crippen molar-refractivity contribution >= 4 is 10.9 Å². The van der Waals surface area contributed by atoms with Gasteiger partial charge in [-0.3, -0.25) is 4.79 Å². The molecule has 0 aliphatic carbocycles. The van der Waals surface area contributed by atoms with E-state index in [0.29, 0.717) is 24.5 Å². The van der Waals surface area contributed by atoms with Crippen LogP contribution in [0.1, 0.15) is 36.5 Å². The van der Waals surface area contributed by atoms with E-state index in [4.69, 9.17) is 9.47 Å². The van der Waals surface area contributed by atoms with Crippen LogP contribution in [0.25, 0.3) is 10.9 Å². The van der Waals surface area contributed by atoms with Gasteiger partial charge in [-0.15, -0.1) is 0 Å². The average Bonchev–Trinajstić information content (AvgIpc) is 2.79. The number of aromatic nitrogens is 1. The minimum absolute atomic E-state index is 0.0994. The van der Waals surface area contributed by atoms with E-state index in [-0.39, 0.29) is 5.56 Å². The van der Waals surface area contributed by atoms with Crippen molar-refractivity contribution in [1.29, 1.82) is 5.26 Å². The molecule has 1 saturated heterocycles. The lowest BCUT2D eigenvalue weighted by molar-refractivity contribution is 0.0497. The molecule has 1 N–H and O–H groups in total. The summed E-state index contributed by atoms with van der Waals surface area (Å²) < 4.78 is 11.5. The fraction of sp³-hybridized carbons (Fsp3) is 0.385. The van der Waals surface area contributed by atoms with Crippen LogP contribution >= 0.6 is 0 Å². The van der Waals surface area contributed by atoms with Crippen molar-refractivity contribution in [2.75, 3.05) is 19.8 Å². The van der Waals surface area contributed by atoms with Crippen molar-refractivity contribution in [3.63, 3.8) is 0 Å². The van der Waals surface area contributed by atoms with Gasteiger partial charge in [0.2, 0.25) is 0 Å². The maximum Gasteiger partial charge on any atom is 0.251 e. The van der Waals surface area contributed by atoms with Gasteiger partial charge in [0, 0.05) is 24.3 Å². The van der Waals surface area contributed by atoms with Crippen molar-refractivity contribution in [3.05, 3.63) is 75.6 Å². The smallest absolute Gasteiger partial charge is 0.251 e. The van der Waals surface area contributed by atoms with E-state index in [2.05, 4.69) is 11.1 Å². The lowest BCUT2D eigenvalue weighted by Crippen LogP contribution is -2.23. The molecule has 5 nitrogen and oxygen atoms in total. The molecule has 0 spiro atoms. The number of fused-ring (bicyclic) bond motifs is 1. The zero-order chi connectivity index (χ0) is 21.8. The van der Waals surface area contributed by atoms with Crippen LogP contribution in [0.3, 0.4) is 0 Å². The molecular weight excluding hydrogens is 388 g/mol. The van der Waals surface area contributed by atoms with Gasteiger partial charge in [-0.2, -0.15) is 5.26 Å². The lowest BCUT2D eigenvalue weighted by atomic mass is 9.78. The van der Waals surface area contributed by atoms with Crippen molar-refractivity contribution in [2.45, 2.75) is 38.5 Å². The highest BCUT2D eigenvalue weighted by Crippen LogP contribution is 2.31. The highest BCUT2D eigenvalue weighted by molar-refractivity contribution is 5.80. The molecule has 160 valence electrons. The van der Waals surface area contributed by atoms with E-state index in [9.17, 15) is 10.1 Å². The number of H-pyrrole nitrogens is 1. The molecule has 0 amide bonds. The van der Waals surface area contributed by atoms with E-state index < -0.39 is 5.41 Å². The highest BCUT2D eigenvalue weighted by Gasteiger charge is 2.27. The summed E-state index contributed by atoms with van der Waals surface area (Å²) in [6, 6.07) is 18.2. The summed E-state index contributed by atoms with van der Waals surface area (Å²) in [4.78, 5) is 14.9. The van der Waals surface area contributed by atoms with Crippen LogP contribution in [0.2, 0.25) is 0 Å². The Balaban J connectivity index is 1.54. The molecule has 1 atom stereocenters. The Morgan fingerprint density at radius 1 is 1.19 bits per heavy atom. The highest BCUT2D eigenvalue weighted by atomic mass is 16.5. The maximum absolute atomic E-state index is 12.0. The van der Waals surface area contributed by atoms with Crippen molar-refractivity contribution in [3.8, 4) is 11.8 Å². The molecule has 1 unspecified atom stereocenters. The average molecular weight is 417 g/mol. The molecule has 5 heteroatoms. The second kappa shape index (κ2) is 8.95. The number of aromatic amines is 1. The van der Waals surface area contributed by atoms with Gasteiger partial charge < -0.3 is 14.5 Å². The molecule has 0 saturated carbocycles. The van der Waals surface area contributed by atoms with Crippen LogP contribution in [0.5, 0.6) is 5.75 Å². The summed E-state index contributed by atoms with van der Waals surface area (Å²) in [7, 11) is 0. The first-order chi connectivity index (χ1) is 15.0. The maximum atomic E-state index is 12.0. The van der Waals surface area contributed by atoms with Crippen molar-refractivity contribution < 1.29 is 9.47 Å². The van der Waals surface area contributed by atoms with Gasteiger partial charge in [0.05, 0.1) is 18.1 Å². The van der Waals surface area contributed by atoms with Gasteiger partial charge in [-0.1, -0.05) is 24.3 Å². The van der Waals surface area contributed by atoms with Crippen LogP contribution in [0, 0.1) is 24.2 Å². The third-order valence-electron chi connectivity index (χ3n) is 6.20. The van der Waals surface area contributed by atoms with Crippen LogP contribution in [0.15, 0.2) is 53.3 Å². The summed E-state index contributed by atoms with van der Waals surface area (Å²) in [6.07, 6.45) is 2.63. The summed E-state index contributed by atoms with van der Waals surface area (Å²) in [6.45, 7) is 6.05. The Labute approximate surface area is 182 Å². The number of nitrogens with one attached hydrogen (secondary N) is 1. The number of ether oxygens (including phenoxy) is 2. The molecule has 4 rings (SSSR count). The molecule has 1 aromatic heterocycles. The quantitative estimate of drug-likeness (QED) is 0.634. The fourth-order valence-corrected chi connectivity index (χ4v) is 4.14. The molecule has 0 radical (unpaired) electrons. The summed E-state index contributed by atoms with van der Waals surface area (Å²) >= 11 is 0. The van der Waals surface area contributed by atoms with Gasteiger partial charge in [-0.25, -0.2) is 0 Å². The van der Waals surface area contributed by atoms with Gasteiger partial charge in [0.1, 0.15) is 5.75 Å². The van der Waals surface area contributed by atoms with Gasteiger partial charge >= 0.3 is 0 Å². The molecule has 3 aromatic rings. The summed E-state index contributed by atoms with van der Waals surface area (Å²) in [5.74, 6) is 1.37. The van der Waals surface area contributed by atoms with E-state index in [1.807, 2.05) is 55.5 Å². The molecule has 0 bridgehead atoms. The lowest BCUT2D eigenvalue weighted by Gasteiger charge is -2.24. The van der Waals surface area contributed by atoms with Crippen molar-refractivity contribution in [1.82, 2.24) is 4.98 Å². The zero-order valence-electron chi connectivity index (χ0n) is 18.1. The van der Waals surface area contributed by atoms with Gasteiger partial charge in [-0.05, 0) is 79.8 Å². The van der Waals surface area contributed by atoms with Crippen LogP contribution < -0.4 is 10.3 Å². The summed E-state index contributed by atoms with van der Waals surface area (Å²) in [5, 5.41) is 11.0. The van der Waals surface area contributed by atoms with Crippen molar-refractivity contribution in [2.24, 2.45) is 5.92 Å². The molecule has 1 aliphatic rings. The first-order valence-corrected chi connectivity index (χ1v) is 10.8. The number of hydrogen-bond acceptors (Lipinski definition) is 4. The second-order valence-electron chi connectivity index (χ2n) is 8.72. The monoisotopic (exact) mass is 416 g/mol. The Hall–Kier alpha value is -3.10. The van der Waals surface area contributed by atoms with Gasteiger partial charge in [0.25, 0.3) is 5.56 Å². The second-order valence-corrected chi connectivity index (χ2v) is 8.72. The molecular formula is C26H28N2O3. The van der Waals surface area contributed by atoms with Crippen LogP contribution in [-0.2, 0) is 16.6 Å². The largest absolute Gasteiger partial charge is 0.493 e. The Kier molecular flexibility index (Phi) is 6.11. The van der Waals surface area contributed by atoms with E-state index in [1.165, 1.54) is 0 Å². The number of pyridine rings is 1. The standard InChI is InChI=1S/C26H28N2O3/c1-18-12-21-6-7-22(14-24(21)28-25(18)29)26(2,17-27)15-20-4-3-5-23(13-20)31-16-19-8-10-30-11-9-19/h3-7,12-14,19H,8-11,15-16H2,1-2H3,(H,28,29). The van der Waals surface area contributed by atoms with E-state index >= 15 is 0 Å². The Morgan fingerprint density at radius 2 is 2.00 bits per heavy atom. The number of hydrogen-bond donors (Lipinski definition) is 1. The minimum Gasteiger partial charge on any atom is -0.493 e. The number of nitrogens with zero attached hydrogens (tertiary/aromatic N) is 1. The van der Waals surface area contributed by atoms with Crippen LogP contribution in [-0.4, -0.2) is 24.8 Å². The number of aryl methyl sites for hydroxylation is 1. The predicted octanol–water partition coefficient (Wildman–Crippen LogP) is 4.67. The first-order valence-electron chi connectivity index (χ1n) is 10.8. The summed E-state index contributed by atoms with van der Waals surface area (Å²) in [5.41, 5.74) is 2.54. The van der Waals surface area contributed by atoms with Gasteiger partial charge in [0.15, 0.2) is 0 Å². The van der Waals surface area contributed by atoms with Crippen LogP contribution in [0.4, 0.5) is 0 Å². The predicted molar refractivity (Wildman–Crippen MR) is 121 cm³/mol. The molecule has 31 heavy (non-hydrogen) atoms. The SMILES string of the molecule is Cc1cc2ccc(C(C)(C#N)Cc3cccc(OCC4CCOCC4)c3)cc2[nH]c1=O. The topological polar surface area (TPSA) is 75.1 Å². The normalized spacial score (nSPS) is 16.5. The fourth-order valence-electron chi connectivity index (χ4n) is 4.14. The number of nitriles is 1. The molecule has 2 heterocycles. The zero-order valence-corrected chi connectivity index (χ0v) is 18.1. The minimum atomic E-state index is -0.727. The number of benzene rings is 2. The first kappa shape index (κ1) is 21.1. The Morgan fingerprint density at radius 3 is 2.77 bits per heavy atom. The third kappa shape index (κ3) is 4.81.